The van der Waals surface area contributed by atoms with Gasteiger partial charge in [0.15, 0.2) is 12.6 Å². The van der Waals surface area contributed by atoms with E-state index >= 15 is 8.78 Å². The number of hydrogen-bond acceptors (Lipinski definition) is 10. The van der Waals surface area contributed by atoms with Crippen LogP contribution in [-0.2, 0) is 9.47 Å². The minimum atomic E-state index is -2.30. The quantitative estimate of drug-likeness (QED) is 0.0822. The van der Waals surface area contributed by atoms with E-state index in [2.05, 4.69) is 62.8 Å². The van der Waals surface area contributed by atoms with Crippen molar-refractivity contribution in [3.8, 4) is 34.5 Å². The van der Waals surface area contributed by atoms with Crippen LogP contribution in [0.2, 0.25) is 16.6 Å². The molecule has 4 aliphatic heterocycles. The molecule has 4 aliphatic rings. The lowest BCUT2D eigenvalue weighted by molar-refractivity contribution is 0.0122. The lowest BCUT2D eigenvalue weighted by atomic mass is 9.95. The van der Waals surface area contributed by atoms with Crippen LogP contribution in [0, 0.1) is 23.1 Å². The molecule has 8 rings (SSSR count). The highest BCUT2D eigenvalue weighted by atomic mass is 28.3. The van der Waals surface area contributed by atoms with Crippen molar-refractivity contribution >= 4 is 41.7 Å². The number of aromatic nitrogens is 3. The number of hydrogen-bond donors (Lipinski definition) is 0. The predicted octanol–water partition coefficient (Wildman–Crippen LogP) is 10.3. The van der Waals surface area contributed by atoms with Gasteiger partial charge >= 0.3 is 12.1 Å². The molecule has 63 heavy (non-hydrogen) atoms. The van der Waals surface area contributed by atoms with Crippen molar-refractivity contribution in [2.45, 2.75) is 141 Å². The number of benzene rings is 2. The molecular formula is C49H64F2N6O5Si. The molecule has 0 spiro atoms. The maximum absolute atomic E-state index is 17.9. The van der Waals surface area contributed by atoms with Crippen LogP contribution in [0.5, 0.6) is 11.8 Å². The van der Waals surface area contributed by atoms with Gasteiger partial charge in [0.2, 0.25) is 0 Å². The number of fused-ring (bicyclic) bond motifs is 5. The molecule has 0 unspecified atom stereocenters. The van der Waals surface area contributed by atoms with E-state index in [4.69, 9.17) is 33.9 Å². The van der Waals surface area contributed by atoms with Crippen molar-refractivity contribution in [3.63, 3.8) is 0 Å². The summed E-state index contributed by atoms with van der Waals surface area (Å²) in [4.78, 5) is 34.6. The Morgan fingerprint density at radius 2 is 1.62 bits per heavy atom. The number of ether oxygens (including phenoxy) is 4. The molecule has 11 nitrogen and oxygen atoms in total. The number of anilines is 1. The van der Waals surface area contributed by atoms with Crippen LogP contribution in [0.15, 0.2) is 30.5 Å². The number of piperazine rings is 1. The lowest BCUT2D eigenvalue weighted by Crippen LogP contribution is -2.57. The third-order valence-electron chi connectivity index (χ3n) is 14.2. The minimum Gasteiger partial charge on any atom is -0.468 e. The zero-order chi connectivity index (χ0) is 45.0. The molecule has 0 N–H and O–H groups in total. The van der Waals surface area contributed by atoms with Gasteiger partial charge in [-0.25, -0.2) is 13.6 Å². The van der Waals surface area contributed by atoms with Gasteiger partial charge in [-0.1, -0.05) is 53.5 Å². The van der Waals surface area contributed by atoms with Crippen LogP contribution in [0.25, 0.3) is 32.9 Å². The summed E-state index contributed by atoms with van der Waals surface area (Å²) < 4.78 is 57.8. The van der Waals surface area contributed by atoms with Gasteiger partial charge in [0.1, 0.15) is 48.9 Å². The molecule has 4 saturated heterocycles. The van der Waals surface area contributed by atoms with Crippen molar-refractivity contribution < 1.29 is 32.5 Å². The van der Waals surface area contributed by atoms with Crippen LogP contribution < -0.4 is 14.4 Å². The Kier molecular flexibility index (Phi) is 12.4. The SMILES string of the molecule is COCOc1cc(-c2ncc3c(N4C[C@H]5CC[C@@H](C4)N5C(=O)OC(C)(C)C)nc(OCC45CCCN4CCC5)nc3c2F)c2c(C#C[Si](C(C)C)(C(C)C)C(C)C)c(F)ccc2c1. The van der Waals surface area contributed by atoms with Crippen molar-refractivity contribution in [1.29, 1.82) is 0 Å². The first-order valence-corrected chi connectivity index (χ1v) is 25.1. The molecule has 14 heteroatoms. The number of halogens is 2. The number of methoxy groups -OCH3 is 1. The summed E-state index contributed by atoms with van der Waals surface area (Å²) in [5, 5.41) is 1.48. The molecule has 2 aromatic carbocycles. The number of rotatable bonds is 11. The monoisotopic (exact) mass is 882 g/mol. The number of carbonyl (C=O) groups is 1. The maximum Gasteiger partial charge on any atom is 0.410 e. The molecule has 0 saturated carbocycles. The van der Waals surface area contributed by atoms with Crippen LogP contribution in [-0.4, -0.2) is 109 Å². The Balaban J connectivity index is 1.29. The van der Waals surface area contributed by atoms with Crippen molar-refractivity contribution in [3.05, 3.63) is 47.7 Å². The molecule has 1 amide bonds. The Bertz CT molecular complexity index is 2400. The fourth-order valence-electron chi connectivity index (χ4n) is 11.4. The van der Waals surface area contributed by atoms with Crippen LogP contribution >= 0.6 is 0 Å². The molecule has 2 atom stereocenters. The first-order chi connectivity index (χ1) is 30.0. The second-order valence-corrected chi connectivity index (χ2v) is 25.7. The second kappa shape index (κ2) is 17.4. The van der Waals surface area contributed by atoms with E-state index in [1.807, 2.05) is 25.7 Å². The van der Waals surface area contributed by atoms with Gasteiger partial charge < -0.3 is 23.8 Å². The molecule has 2 aromatic heterocycles. The van der Waals surface area contributed by atoms with E-state index in [9.17, 15) is 4.79 Å². The summed E-state index contributed by atoms with van der Waals surface area (Å²) in [5.41, 5.74) is 4.48. The van der Waals surface area contributed by atoms with Gasteiger partial charge in [-0.15, -0.1) is 5.54 Å². The second-order valence-electron chi connectivity index (χ2n) is 20.1. The van der Waals surface area contributed by atoms with E-state index in [-0.39, 0.29) is 53.3 Å². The van der Waals surface area contributed by atoms with Crippen molar-refractivity contribution in [2.75, 3.05) is 51.6 Å². The summed E-state index contributed by atoms with van der Waals surface area (Å²) in [6.07, 6.45) is 7.17. The molecule has 4 fully saturated rings. The molecule has 6 heterocycles. The zero-order valence-electron chi connectivity index (χ0n) is 38.7. The summed E-state index contributed by atoms with van der Waals surface area (Å²) >= 11 is 0. The maximum atomic E-state index is 17.9. The summed E-state index contributed by atoms with van der Waals surface area (Å²) in [6.45, 7) is 22.3. The average Bonchev–Trinajstić information content (AvgIpc) is 3.89. The van der Waals surface area contributed by atoms with Gasteiger partial charge in [0.25, 0.3) is 0 Å². The van der Waals surface area contributed by atoms with E-state index in [0.717, 1.165) is 51.6 Å². The molecule has 338 valence electrons. The molecule has 0 aliphatic carbocycles. The Morgan fingerprint density at radius 3 is 2.24 bits per heavy atom. The lowest BCUT2D eigenvalue weighted by Gasteiger charge is -2.42. The molecule has 0 radical (unpaired) electrons. The largest absolute Gasteiger partial charge is 0.468 e. The van der Waals surface area contributed by atoms with Crippen molar-refractivity contribution in [1.82, 2.24) is 24.8 Å². The smallest absolute Gasteiger partial charge is 0.410 e. The van der Waals surface area contributed by atoms with Gasteiger partial charge in [-0.3, -0.25) is 14.8 Å². The minimum absolute atomic E-state index is 0.0223. The highest BCUT2D eigenvalue weighted by molar-refractivity contribution is 6.90. The fourth-order valence-corrected chi connectivity index (χ4v) is 16.6. The summed E-state index contributed by atoms with van der Waals surface area (Å²) in [5.74, 6) is 3.08. The molecule has 4 aromatic rings. The van der Waals surface area contributed by atoms with E-state index < -0.39 is 25.3 Å². The molecular weight excluding hydrogens is 819 g/mol. The third kappa shape index (κ3) is 8.34. The number of pyridine rings is 1. The van der Waals surface area contributed by atoms with Crippen molar-refractivity contribution in [2.24, 2.45) is 0 Å². The highest BCUT2D eigenvalue weighted by Gasteiger charge is 2.47. The van der Waals surface area contributed by atoms with E-state index in [1.165, 1.54) is 13.2 Å². The predicted molar refractivity (Wildman–Crippen MR) is 246 cm³/mol. The van der Waals surface area contributed by atoms with Crippen LogP contribution in [0.1, 0.15) is 106 Å². The third-order valence-corrected chi connectivity index (χ3v) is 20.5. The van der Waals surface area contributed by atoms with Crippen LogP contribution in [0.4, 0.5) is 19.4 Å². The Hall–Kier alpha value is -4.58. The first kappa shape index (κ1) is 45.0. The first-order valence-electron chi connectivity index (χ1n) is 22.9. The van der Waals surface area contributed by atoms with Crippen LogP contribution in [0.3, 0.4) is 0 Å². The average molecular weight is 883 g/mol. The number of carbonyl (C=O) groups excluding carboxylic acids is 1. The zero-order valence-corrected chi connectivity index (χ0v) is 39.7. The van der Waals surface area contributed by atoms with E-state index in [1.54, 1.807) is 24.4 Å². The molecule has 2 bridgehead atoms. The Morgan fingerprint density at radius 1 is 0.952 bits per heavy atom. The Labute approximate surface area is 372 Å². The van der Waals surface area contributed by atoms with Gasteiger partial charge in [0.05, 0.1) is 28.6 Å². The normalized spacial score (nSPS) is 20.0. The number of amides is 1. The fraction of sp³-hybridized carbons (Fsp3) is 0.592. The van der Waals surface area contributed by atoms with Gasteiger partial charge in [-0.05, 0) is 113 Å². The number of nitrogens with zero attached hydrogens (tertiary/aromatic N) is 6. The topological polar surface area (TPSA) is 102 Å². The standard InChI is InChI=1S/C49H64F2N6O5Si/c1-30(2)63(31(3)4,32(5)6)22-17-37-40(50)16-13-33-23-36(61-29-59-10)24-38(41(33)37)43-42(51)44-39(25-52-43)45(54-46(53-44)60-28-49-18-11-20-56(49)21-12-19-49)55-26-34-14-15-35(27-55)57(34)47(58)62-48(7,8)9/h13,16,23-25,30-32,34-35H,11-12,14-15,18-21,26-29H2,1-10H3/t34-,35+. The summed E-state index contributed by atoms with van der Waals surface area (Å²) in [7, 11) is -0.774. The highest BCUT2D eigenvalue weighted by Crippen LogP contribution is 2.44. The summed E-state index contributed by atoms with van der Waals surface area (Å²) in [6, 6.07) is 6.41. The van der Waals surface area contributed by atoms with Gasteiger partial charge in [-0.2, -0.15) is 9.97 Å². The van der Waals surface area contributed by atoms with Gasteiger partial charge in [0, 0.05) is 37.3 Å². The van der Waals surface area contributed by atoms with E-state index in [0.29, 0.717) is 69.6 Å².